The van der Waals surface area contributed by atoms with E-state index in [0.717, 1.165) is 34.0 Å². The summed E-state index contributed by atoms with van der Waals surface area (Å²) in [5.74, 6) is 1.65. The largest absolute Gasteiger partial charge is 0.488 e. The molecule has 0 fully saturated rings. The molecule has 3 atom stereocenters. The Bertz CT molecular complexity index is 1830. The van der Waals surface area contributed by atoms with Crippen LogP contribution in [0.15, 0.2) is 126 Å². The molecule has 206 valence electrons. The van der Waals surface area contributed by atoms with Crippen molar-refractivity contribution in [1.82, 2.24) is 0 Å². The highest BCUT2D eigenvalue weighted by Crippen LogP contribution is 2.49. The minimum atomic E-state index is -0.400. The highest BCUT2D eigenvalue weighted by molar-refractivity contribution is 6.03. The van der Waals surface area contributed by atoms with Crippen molar-refractivity contribution in [1.29, 1.82) is 0 Å². The van der Waals surface area contributed by atoms with Gasteiger partial charge in [0, 0.05) is 35.5 Å². The highest BCUT2D eigenvalue weighted by atomic mass is 16.6. The number of para-hydroxylation sites is 1. The van der Waals surface area contributed by atoms with Crippen LogP contribution in [-0.4, -0.2) is 11.1 Å². The van der Waals surface area contributed by atoms with Gasteiger partial charge in [-0.15, -0.1) is 0 Å². The van der Waals surface area contributed by atoms with E-state index in [2.05, 4.69) is 78.1 Å². The van der Waals surface area contributed by atoms with Gasteiger partial charge in [-0.2, -0.15) is 0 Å². The lowest BCUT2D eigenvalue weighted by Crippen LogP contribution is -2.28. The normalized spacial score (nSPS) is 18.9. The van der Waals surface area contributed by atoms with E-state index in [0.29, 0.717) is 24.2 Å². The lowest BCUT2D eigenvalue weighted by molar-refractivity contribution is -0.384. The number of nitrogens with zero attached hydrogens (tertiary/aromatic N) is 2. The molecule has 0 amide bonds. The Balaban J connectivity index is 1.13. The van der Waals surface area contributed by atoms with E-state index in [1.165, 1.54) is 28.9 Å². The molecule has 1 N–H and O–H groups in total. The van der Waals surface area contributed by atoms with E-state index in [-0.39, 0.29) is 11.7 Å². The van der Waals surface area contributed by atoms with E-state index in [1.807, 2.05) is 30.5 Å². The molecule has 5 aromatic rings. The number of nitro groups is 1. The third-order valence-corrected chi connectivity index (χ3v) is 8.34. The number of nitro benzene ring substituents is 1. The van der Waals surface area contributed by atoms with Crippen LogP contribution in [0, 0.1) is 16.0 Å². The van der Waals surface area contributed by atoms with Gasteiger partial charge in [0.05, 0.1) is 16.7 Å². The van der Waals surface area contributed by atoms with Gasteiger partial charge < -0.3 is 10.1 Å². The summed E-state index contributed by atoms with van der Waals surface area (Å²) >= 11 is 0. The Morgan fingerprint density at radius 3 is 2.52 bits per heavy atom. The Hall–Kier alpha value is -5.23. The number of ether oxygens (including phenoxy) is 1. The number of hydrogen-bond acceptors (Lipinski definition) is 5. The van der Waals surface area contributed by atoms with Crippen LogP contribution in [0.4, 0.5) is 17.1 Å². The van der Waals surface area contributed by atoms with Gasteiger partial charge in [-0.05, 0) is 76.2 Å². The van der Waals surface area contributed by atoms with Crippen molar-refractivity contribution in [3.05, 3.63) is 154 Å². The molecular weight excluding hydrogens is 522 g/mol. The summed E-state index contributed by atoms with van der Waals surface area (Å²) in [6, 6.07) is 36.0. The minimum Gasteiger partial charge on any atom is -0.488 e. The van der Waals surface area contributed by atoms with Gasteiger partial charge >= 0.3 is 0 Å². The zero-order valence-corrected chi connectivity index (χ0v) is 22.9. The van der Waals surface area contributed by atoms with Crippen molar-refractivity contribution in [2.75, 3.05) is 5.32 Å². The highest BCUT2D eigenvalue weighted by Gasteiger charge is 2.37. The molecule has 5 aromatic carbocycles. The Morgan fingerprint density at radius 1 is 0.905 bits per heavy atom. The van der Waals surface area contributed by atoms with Crippen LogP contribution >= 0.6 is 0 Å². The fourth-order valence-corrected chi connectivity index (χ4v) is 6.19. The van der Waals surface area contributed by atoms with Crippen LogP contribution in [0.2, 0.25) is 0 Å². The second-order valence-electron chi connectivity index (χ2n) is 10.8. The molecule has 0 aromatic heterocycles. The number of anilines is 1. The van der Waals surface area contributed by atoms with Gasteiger partial charge in [0.15, 0.2) is 0 Å². The van der Waals surface area contributed by atoms with Crippen molar-refractivity contribution in [2.45, 2.75) is 25.0 Å². The van der Waals surface area contributed by atoms with Crippen molar-refractivity contribution in [3.63, 3.8) is 0 Å². The number of aliphatic imine (C=N–C) groups is 1. The van der Waals surface area contributed by atoms with Crippen LogP contribution in [0.3, 0.4) is 0 Å². The monoisotopic (exact) mass is 551 g/mol. The second-order valence-corrected chi connectivity index (χ2v) is 10.8. The molecule has 0 unspecified atom stereocenters. The smallest absolute Gasteiger partial charge is 0.269 e. The standard InChI is InChI=1S/C36H29N3O3/c40-39(41)28-19-12-24(13-20-28)23-42-35-21-16-25-6-1-2-7-29(25)33(35)22-37-27-17-14-26(15-18-27)36-32-10-5-9-30(32)31-8-3-4-11-34(31)38-36/h1-9,11-22,30,32,36,38H,10,23H2/t30-,32-,36+/m1/s1. The first kappa shape index (κ1) is 25.7. The van der Waals surface area contributed by atoms with Crippen molar-refractivity contribution in [2.24, 2.45) is 10.9 Å². The number of allylic oxidation sites excluding steroid dienone is 2. The number of hydrogen-bond donors (Lipinski definition) is 1. The molecule has 1 aliphatic heterocycles. The van der Waals surface area contributed by atoms with E-state index >= 15 is 0 Å². The third-order valence-electron chi connectivity index (χ3n) is 8.34. The van der Waals surface area contributed by atoms with Crippen molar-refractivity contribution >= 4 is 34.0 Å². The molecule has 0 saturated carbocycles. The number of non-ortho nitro benzene ring substituents is 1. The minimum absolute atomic E-state index is 0.0621. The SMILES string of the molecule is O=[N+]([O-])c1ccc(COc2ccc3ccccc3c2C=Nc2ccc([C@@H]3Nc4ccccc4[C@H]4C=CC[C@H]43)cc2)cc1. The van der Waals surface area contributed by atoms with Crippen molar-refractivity contribution < 1.29 is 9.66 Å². The van der Waals surface area contributed by atoms with Gasteiger partial charge in [0.25, 0.3) is 5.69 Å². The first-order valence-electron chi connectivity index (χ1n) is 14.2. The molecule has 0 saturated heterocycles. The average molecular weight is 552 g/mol. The zero-order chi connectivity index (χ0) is 28.5. The zero-order valence-electron chi connectivity index (χ0n) is 22.9. The first-order valence-corrected chi connectivity index (χ1v) is 14.2. The van der Waals surface area contributed by atoms with Crippen LogP contribution in [-0.2, 0) is 6.61 Å². The average Bonchev–Trinajstić information content (AvgIpc) is 3.54. The number of nitrogens with one attached hydrogen (secondary N) is 1. The fourth-order valence-electron chi connectivity index (χ4n) is 6.19. The lowest BCUT2D eigenvalue weighted by Gasteiger charge is -2.37. The molecule has 6 nitrogen and oxygen atoms in total. The van der Waals surface area contributed by atoms with Crippen LogP contribution in [0.1, 0.15) is 40.6 Å². The summed E-state index contributed by atoms with van der Waals surface area (Å²) in [5.41, 5.74) is 6.54. The topological polar surface area (TPSA) is 76.8 Å². The lowest BCUT2D eigenvalue weighted by atomic mass is 9.77. The molecule has 0 bridgehead atoms. The van der Waals surface area contributed by atoms with Gasteiger partial charge in [0.1, 0.15) is 12.4 Å². The number of rotatable bonds is 7. The van der Waals surface area contributed by atoms with Crippen molar-refractivity contribution in [3.8, 4) is 5.75 Å². The predicted molar refractivity (Wildman–Crippen MR) is 168 cm³/mol. The van der Waals surface area contributed by atoms with E-state index in [4.69, 9.17) is 9.73 Å². The van der Waals surface area contributed by atoms with E-state index in [1.54, 1.807) is 12.1 Å². The molecule has 6 heteroatoms. The number of benzene rings is 5. The maximum absolute atomic E-state index is 11.0. The predicted octanol–water partition coefficient (Wildman–Crippen LogP) is 8.90. The van der Waals surface area contributed by atoms with Crippen LogP contribution in [0.5, 0.6) is 5.75 Å². The Labute approximate surface area is 244 Å². The molecule has 1 heterocycles. The first-order chi connectivity index (χ1) is 20.6. The Kier molecular flexibility index (Phi) is 6.72. The number of fused-ring (bicyclic) bond motifs is 4. The maximum Gasteiger partial charge on any atom is 0.269 e. The summed E-state index contributed by atoms with van der Waals surface area (Å²) in [4.78, 5) is 15.4. The van der Waals surface area contributed by atoms with Gasteiger partial charge in [-0.3, -0.25) is 15.1 Å². The van der Waals surface area contributed by atoms with Gasteiger partial charge in [-0.1, -0.05) is 72.8 Å². The summed E-state index contributed by atoms with van der Waals surface area (Å²) in [5, 5.41) is 16.9. The summed E-state index contributed by atoms with van der Waals surface area (Å²) in [7, 11) is 0. The van der Waals surface area contributed by atoms with Gasteiger partial charge in [0.2, 0.25) is 0 Å². The summed E-state index contributed by atoms with van der Waals surface area (Å²) < 4.78 is 6.21. The summed E-state index contributed by atoms with van der Waals surface area (Å²) in [6.45, 7) is 0.292. The second kappa shape index (κ2) is 11.0. The molecule has 1 aliphatic carbocycles. The molecule has 42 heavy (non-hydrogen) atoms. The fraction of sp³-hybridized carbons (Fsp3) is 0.139. The Morgan fingerprint density at radius 2 is 1.69 bits per heavy atom. The molecular formula is C36H29N3O3. The molecule has 0 spiro atoms. The molecule has 2 aliphatic rings. The maximum atomic E-state index is 11.0. The van der Waals surface area contributed by atoms with Gasteiger partial charge in [-0.25, -0.2) is 0 Å². The van der Waals surface area contributed by atoms with Crippen LogP contribution in [0.25, 0.3) is 10.8 Å². The molecule has 7 rings (SSSR count). The molecule has 0 radical (unpaired) electrons. The quantitative estimate of drug-likeness (QED) is 0.0948. The van der Waals surface area contributed by atoms with Crippen LogP contribution < -0.4 is 10.1 Å². The van der Waals surface area contributed by atoms with E-state index < -0.39 is 4.92 Å². The van der Waals surface area contributed by atoms with E-state index in [9.17, 15) is 10.1 Å². The third kappa shape index (κ3) is 4.92. The summed E-state index contributed by atoms with van der Waals surface area (Å²) in [6.07, 6.45) is 7.62.